The van der Waals surface area contributed by atoms with Crippen molar-refractivity contribution >= 4 is 27.8 Å². The molecule has 1 fully saturated rings. The van der Waals surface area contributed by atoms with Gasteiger partial charge in [0.15, 0.2) is 16.8 Å². The van der Waals surface area contributed by atoms with Crippen LogP contribution in [0.25, 0.3) is 0 Å². The topological polar surface area (TPSA) is 105 Å². The fourth-order valence-corrected chi connectivity index (χ4v) is 5.07. The Kier molecular flexibility index (Phi) is 8.77. The van der Waals surface area contributed by atoms with Crippen LogP contribution in [0.1, 0.15) is 24.6 Å². The molecule has 8 nitrogen and oxygen atoms in total. The van der Waals surface area contributed by atoms with Crippen LogP contribution in [0.2, 0.25) is 0 Å². The van der Waals surface area contributed by atoms with Gasteiger partial charge in [-0.3, -0.25) is 4.72 Å². The molecule has 176 valence electrons. The van der Waals surface area contributed by atoms with Gasteiger partial charge in [0.25, 0.3) is 0 Å². The molecular weight excluding hydrogens is 462 g/mol. The van der Waals surface area contributed by atoms with Crippen LogP contribution in [0.3, 0.4) is 0 Å². The minimum Gasteiger partial charge on any atom is -0.396 e. The van der Waals surface area contributed by atoms with Crippen LogP contribution in [-0.2, 0) is 27.1 Å². The van der Waals surface area contributed by atoms with Crippen molar-refractivity contribution in [3.05, 3.63) is 47.2 Å². The second-order valence-electron chi connectivity index (χ2n) is 7.30. The summed E-state index contributed by atoms with van der Waals surface area (Å²) in [4.78, 5) is 8.67. The molecule has 0 radical (unpaired) electrons. The molecule has 1 aromatic heterocycles. The van der Waals surface area contributed by atoms with E-state index < -0.39 is 21.8 Å². The molecule has 12 heteroatoms. The smallest absolute Gasteiger partial charge is 0.302 e. The standard InChI is InChI=1S/C20H26F2N4O4S2/c1-2-30-12-14(11-27)9-16-10-18(25-32(28,29)26-7-4-8-26)24-20(23-16)31-13-15-5-3-6-17(21)19(15)22/h3,5-6,10,14,27H,2,4,7-9,11-13H2,1H3,(H,23,24,25)/t14-/m0/s1. The summed E-state index contributed by atoms with van der Waals surface area (Å²) in [6.07, 6.45) is 1.13. The summed E-state index contributed by atoms with van der Waals surface area (Å²) < 4.78 is 61.6. The highest BCUT2D eigenvalue weighted by Gasteiger charge is 2.28. The van der Waals surface area contributed by atoms with E-state index in [2.05, 4.69) is 14.7 Å². The molecule has 0 amide bonds. The Labute approximate surface area is 190 Å². The van der Waals surface area contributed by atoms with Gasteiger partial charge in [-0.25, -0.2) is 18.7 Å². The number of thioether (sulfide) groups is 1. The van der Waals surface area contributed by atoms with Crippen molar-refractivity contribution < 1.29 is 27.0 Å². The van der Waals surface area contributed by atoms with Crippen molar-refractivity contribution in [1.82, 2.24) is 14.3 Å². The molecule has 0 unspecified atom stereocenters. The number of anilines is 1. The molecule has 1 aromatic carbocycles. The first-order valence-corrected chi connectivity index (χ1v) is 12.6. The fraction of sp³-hybridized carbons (Fsp3) is 0.500. The molecule has 1 atom stereocenters. The predicted octanol–water partition coefficient (Wildman–Crippen LogP) is 2.60. The summed E-state index contributed by atoms with van der Waals surface area (Å²) in [6, 6.07) is 5.43. The molecule has 0 spiro atoms. The van der Waals surface area contributed by atoms with Gasteiger partial charge < -0.3 is 9.84 Å². The van der Waals surface area contributed by atoms with E-state index in [1.807, 2.05) is 6.92 Å². The van der Waals surface area contributed by atoms with E-state index in [1.165, 1.54) is 22.5 Å². The van der Waals surface area contributed by atoms with Gasteiger partial charge in [-0.2, -0.15) is 12.7 Å². The van der Waals surface area contributed by atoms with Crippen molar-refractivity contribution in [2.45, 2.75) is 30.7 Å². The zero-order chi connectivity index (χ0) is 23.1. The molecule has 2 N–H and O–H groups in total. The summed E-state index contributed by atoms with van der Waals surface area (Å²) in [5.41, 5.74) is 0.651. The molecule has 2 heterocycles. The first-order chi connectivity index (χ1) is 15.3. The monoisotopic (exact) mass is 488 g/mol. The molecule has 2 aromatic rings. The van der Waals surface area contributed by atoms with Gasteiger partial charge in [0.1, 0.15) is 5.82 Å². The maximum atomic E-state index is 14.0. The number of rotatable bonds is 12. The highest BCUT2D eigenvalue weighted by molar-refractivity contribution is 7.98. The number of halogens is 2. The second-order valence-corrected chi connectivity index (χ2v) is 9.91. The molecule has 0 aliphatic carbocycles. The van der Waals surface area contributed by atoms with Gasteiger partial charge >= 0.3 is 10.2 Å². The number of hydrogen-bond donors (Lipinski definition) is 2. The molecular formula is C20H26F2N4O4S2. The van der Waals surface area contributed by atoms with E-state index in [1.54, 1.807) is 0 Å². The number of nitrogens with one attached hydrogen (secondary N) is 1. The van der Waals surface area contributed by atoms with E-state index in [9.17, 15) is 22.3 Å². The lowest BCUT2D eigenvalue weighted by Gasteiger charge is -2.29. The van der Waals surface area contributed by atoms with Crippen molar-refractivity contribution in [2.24, 2.45) is 5.92 Å². The van der Waals surface area contributed by atoms with E-state index in [-0.39, 0.29) is 34.8 Å². The third-order valence-corrected chi connectivity index (χ3v) is 7.26. The summed E-state index contributed by atoms with van der Waals surface area (Å²) in [5, 5.41) is 9.84. The Morgan fingerprint density at radius 3 is 2.75 bits per heavy atom. The number of aliphatic hydroxyl groups is 1. The Morgan fingerprint density at radius 2 is 2.09 bits per heavy atom. The highest BCUT2D eigenvalue weighted by Crippen LogP contribution is 2.25. The molecule has 1 saturated heterocycles. The van der Waals surface area contributed by atoms with E-state index in [4.69, 9.17) is 4.74 Å². The first kappa shape index (κ1) is 24.8. The number of hydrogen-bond acceptors (Lipinski definition) is 7. The SMILES string of the molecule is CCOC[C@H](CO)Cc1cc(NS(=O)(=O)N2CCC2)nc(SCc2cccc(F)c2F)n1. The van der Waals surface area contributed by atoms with Gasteiger partial charge in [0.05, 0.1) is 6.61 Å². The van der Waals surface area contributed by atoms with E-state index in [0.29, 0.717) is 38.4 Å². The number of aromatic nitrogens is 2. The summed E-state index contributed by atoms with van der Waals surface area (Å²) >= 11 is 1.06. The lowest BCUT2D eigenvalue weighted by molar-refractivity contribution is 0.0805. The van der Waals surface area contributed by atoms with Crippen LogP contribution < -0.4 is 4.72 Å². The normalized spacial score (nSPS) is 15.4. The maximum absolute atomic E-state index is 14.0. The Morgan fingerprint density at radius 1 is 1.31 bits per heavy atom. The lowest BCUT2D eigenvalue weighted by Crippen LogP contribution is -2.45. The average molecular weight is 489 g/mol. The third kappa shape index (κ3) is 6.58. The van der Waals surface area contributed by atoms with Gasteiger partial charge in [0, 0.05) is 55.3 Å². The van der Waals surface area contributed by atoms with Crippen LogP contribution in [0.5, 0.6) is 0 Å². The van der Waals surface area contributed by atoms with Crippen molar-refractivity contribution in [3.8, 4) is 0 Å². The molecule has 3 rings (SSSR count). The maximum Gasteiger partial charge on any atom is 0.302 e. The highest BCUT2D eigenvalue weighted by atomic mass is 32.2. The summed E-state index contributed by atoms with van der Waals surface area (Å²) in [6.45, 7) is 3.42. The molecule has 1 aliphatic rings. The Hall–Kier alpha value is -1.86. The minimum absolute atomic E-state index is 0.0632. The van der Waals surface area contributed by atoms with E-state index in [0.717, 1.165) is 24.2 Å². The Bertz CT molecular complexity index is 1020. The molecule has 1 aliphatic heterocycles. The van der Waals surface area contributed by atoms with Gasteiger partial charge in [-0.05, 0) is 25.8 Å². The van der Waals surface area contributed by atoms with Gasteiger partial charge in [-0.15, -0.1) is 0 Å². The quantitative estimate of drug-likeness (QED) is 0.350. The zero-order valence-electron chi connectivity index (χ0n) is 17.6. The summed E-state index contributed by atoms with van der Waals surface area (Å²) in [5.74, 6) is -1.97. The lowest BCUT2D eigenvalue weighted by atomic mass is 10.1. The minimum atomic E-state index is -3.74. The largest absolute Gasteiger partial charge is 0.396 e. The van der Waals surface area contributed by atoms with Crippen LogP contribution >= 0.6 is 11.8 Å². The van der Waals surface area contributed by atoms with Gasteiger partial charge in [-0.1, -0.05) is 23.9 Å². The molecule has 32 heavy (non-hydrogen) atoms. The van der Waals surface area contributed by atoms with Crippen LogP contribution in [0.4, 0.5) is 14.6 Å². The third-order valence-electron chi connectivity index (χ3n) is 4.85. The predicted molar refractivity (Wildman–Crippen MR) is 117 cm³/mol. The van der Waals surface area contributed by atoms with Crippen LogP contribution in [0, 0.1) is 17.6 Å². The first-order valence-electron chi connectivity index (χ1n) is 10.2. The Balaban J connectivity index is 1.82. The number of ether oxygens (including phenoxy) is 1. The van der Waals surface area contributed by atoms with Crippen LogP contribution in [-0.4, -0.2) is 60.7 Å². The number of nitrogens with zero attached hydrogens (tertiary/aromatic N) is 3. The zero-order valence-corrected chi connectivity index (χ0v) is 19.3. The van der Waals surface area contributed by atoms with Gasteiger partial charge in [0.2, 0.25) is 0 Å². The van der Waals surface area contributed by atoms with E-state index >= 15 is 0 Å². The number of aliphatic hydroxyl groups excluding tert-OH is 1. The summed E-state index contributed by atoms with van der Waals surface area (Å²) in [7, 11) is -3.74. The van der Waals surface area contributed by atoms with Crippen LogP contribution in [0.15, 0.2) is 29.4 Å². The molecule has 0 bridgehead atoms. The number of benzene rings is 1. The second kappa shape index (κ2) is 11.3. The average Bonchev–Trinajstić information content (AvgIpc) is 2.70. The van der Waals surface area contributed by atoms with Crippen molar-refractivity contribution in [1.29, 1.82) is 0 Å². The fourth-order valence-electron chi connectivity index (χ4n) is 2.98. The van der Waals surface area contributed by atoms with Crippen molar-refractivity contribution in [2.75, 3.05) is 37.6 Å². The molecule has 0 saturated carbocycles. The van der Waals surface area contributed by atoms with Crippen molar-refractivity contribution in [3.63, 3.8) is 0 Å².